The third-order valence-electron chi connectivity index (χ3n) is 20.2. The quantitative estimate of drug-likeness (QED) is 0.0182. The number of likely N-dealkylation sites (tertiary alicyclic amines) is 1. The molecule has 0 saturated carbocycles. The van der Waals surface area contributed by atoms with Crippen molar-refractivity contribution in [2.75, 3.05) is 26.2 Å². The van der Waals surface area contributed by atoms with Crippen molar-refractivity contribution < 1.29 is 92.3 Å². The van der Waals surface area contributed by atoms with Gasteiger partial charge in [0.2, 0.25) is 88.6 Å². The fourth-order valence-electron chi connectivity index (χ4n) is 13.9. The van der Waals surface area contributed by atoms with Crippen molar-refractivity contribution in [3.8, 4) is 5.75 Å². The second-order valence-electron chi connectivity index (χ2n) is 31.8. The molecule has 15 amide bonds. The molecule has 0 spiro atoms. The maximum atomic E-state index is 15.1. The Bertz CT molecular complexity index is 4580. The molecule has 39 heteroatoms. The molecule has 0 radical (unpaired) electrons. The van der Waals surface area contributed by atoms with Gasteiger partial charge in [0.15, 0.2) is 0 Å². The number of aromatic nitrogens is 4. The Morgan fingerprint density at radius 3 is 1.42 bits per heavy atom. The summed E-state index contributed by atoms with van der Waals surface area (Å²) in [6, 6.07) is 1.14. The summed E-state index contributed by atoms with van der Waals surface area (Å²) in [6.07, 6.45) is 1.76. The molecule has 1 aliphatic rings. The molecule has 3 aromatic carbocycles. The lowest BCUT2D eigenvalue weighted by atomic mass is 9.98. The molecule has 1 saturated heterocycles. The van der Waals surface area contributed by atoms with Crippen LogP contribution in [-0.2, 0) is 97.6 Å². The topological polar surface area (TPSA) is 609 Å². The molecular formula is C82H116N20O19. The molecule has 658 valence electrons. The predicted molar refractivity (Wildman–Crippen MR) is 442 cm³/mol. The summed E-state index contributed by atoms with van der Waals surface area (Å²) >= 11 is 0. The lowest BCUT2D eigenvalue weighted by molar-refractivity contribution is -0.140. The third kappa shape index (κ3) is 29.0. The number of rotatable bonds is 46. The number of nitrogens with one attached hydrogen (secondary N) is 16. The minimum absolute atomic E-state index is 0.0110. The number of nitrogens with zero attached hydrogens (tertiary/aromatic N) is 2. The van der Waals surface area contributed by atoms with Crippen LogP contribution in [0, 0.1) is 17.8 Å². The van der Waals surface area contributed by atoms with Gasteiger partial charge in [-0.2, -0.15) is 0 Å². The number of hydrogen-bond acceptors (Lipinski definition) is 21. The zero-order chi connectivity index (χ0) is 89.1. The molecule has 121 heavy (non-hydrogen) atoms. The van der Waals surface area contributed by atoms with Crippen LogP contribution in [-0.4, -0.2) is 251 Å². The van der Waals surface area contributed by atoms with Crippen LogP contribution in [0.5, 0.6) is 5.75 Å². The van der Waals surface area contributed by atoms with E-state index in [1.807, 2.05) is 0 Å². The number of hydrogen-bond donors (Lipinski definition) is 22. The average Bonchev–Trinajstić information content (AvgIpc) is 1.63. The van der Waals surface area contributed by atoms with Gasteiger partial charge in [0.05, 0.1) is 44.7 Å². The summed E-state index contributed by atoms with van der Waals surface area (Å²) in [6.45, 7) is 14.3. The van der Waals surface area contributed by atoms with Crippen molar-refractivity contribution in [3.05, 3.63) is 120 Å². The number of imidazole rings is 1. The largest absolute Gasteiger partial charge is 0.508 e. The van der Waals surface area contributed by atoms with Crippen molar-refractivity contribution in [1.29, 1.82) is 0 Å². The van der Waals surface area contributed by atoms with Gasteiger partial charge in [-0.25, -0.2) is 4.98 Å². The standard InChI is InChI=1S/C82H116N20O19/c1-41(2)26-57(72(111)88-38-68(109)102-25-15-20-65(102)80(119)98-63(32-51-37-85-40-89-51)73(112)90-44(7)39-103)94-74(113)58(27-42(3)4)95-76(115)60(29-48-21-23-52(106)24-22-48)96-77(116)62(31-50-36-87-56-19-14-12-17-54(50)56)93-71(110)45(8)91-81(120)69(46(9)104)100-79(118)64(33-66(84)107)97-75(114)59(28-43(5)6)99-82(121)70(47(10)105)101-78(117)61(92-67(108)34-83)30-49-35-86-55-18-13-11-16-53(49)55/h11-14,16-19,21-24,35-37,40-47,57-65,69-70,86-87,103-106H,15,20,25-34,38-39,83H2,1-10H3,(H2,84,107)(H,85,89)(H,88,111)(H,90,112)(H,91,120)(H,92,108)(H,93,110)(H,94,113)(H,95,115)(H,96,116)(H,97,114)(H,98,119)(H,99,121)(H,100,118)(H,101,117)/t44-,45-,46-,47+,57-,58-,59-,60+,61-,62+,63-,64-,65-,69+,70-/m0/s1. The number of para-hydroxylation sites is 2. The van der Waals surface area contributed by atoms with Crippen molar-refractivity contribution in [2.45, 2.75) is 224 Å². The van der Waals surface area contributed by atoms with Crippen LogP contribution in [0.15, 0.2) is 97.7 Å². The minimum Gasteiger partial charge on any atom is -0.508 e. The zero-order valence-corrected chi connectivity index (χ0v) is 69.5. The fourth-order valence-corrected chi connectivity index (χ4v) is 13.9. The van der Waals surface area contributed by atoms with Crippen LogP contribution in [0.2, 0.25) is 0 Å². The van der Waals surface area contributed by atoms with Crippen molar-refractivity contribution in [2.24, 2.45) is 29.2 Å². The van der Waals surface area contributed by atoms with E-state index in [0.717, 1.165) is 17.8 Å². The normalized spacial score (nSPS) is 16.2. The predicted octanol–water partition coefficient (Wildman–Crippen LogP) is -2.96. The Balaban J connectivity index is 1.04. The molecule has 6 aromatic rings. The van der Waals surface area contributed by atoms with Crippen LogP contribution >= 0.6 is 0 Å². The Hall–Kier alpha value is -12.4. The van der Waals surface area contributed by atoms with E-state index in [2.05, 4.69) is 89.1 Å². The summed E-state index contributed by atoms with van der Waals surface area (Å²) in [7, 11) is 0. The van der Waals surface area contributed by atoms with E-state index in [0.29, 0.717) is 39.7 Å². The fraction of sp³-hybridized carbons (Fsp3) is 0.512. The van der Waals surface area contributed by atoms with Gasteiger partial charge >= 0.3 is 0 Å². The van der Waals surface area contributed by atoms with E-state index >= 15 is 9.59 Å². The molecular weight excluding hydrogens is 1570 g/mol. The highest BCUT2D eigenvalue weighted by Gasteiger charge is 2.41. The lowest BCUT2D eigenvalue weighted by Crippen LogP contribution is -2.63. The molecule has 0 bridgehead atoms. The minimum atomic E-state index is -1.95. The number of aromatic hydroxyl groups is 1. The van der Waals surface area contributed by atoms with Gasteiger partial charge in [-0.1, -0.05) is 90.1 Å². The van der Waals surface area contributed by atoms with Crippen LogP contribution in [0.1, 0.15) is 130 Å². The Labute approximate surface area is 699 Å². The number of phenolic OH excluding ortho intramolecular Hbond substituents is 1. The number of primary amides is 1. The maximum Gasteiger partial charge on any atom is 0.245 e. The maximum absolute atomic E-state index is 15.1. The first-order valence-corrected chi connectivity index (χ1v) is 40.3. The van der Waals surface area contributed by atoms with Crippen molar-refractivity contribution in [3.63, 3.8) is 0 Å². The highest BCUT2D eigenvalue weighted by molar-refractivity contribution is 6.01. The summed E-state index contributed by atoms with van der Waals surface area (Å²) in [4.78, 5) is 225. The van der Waals surface area contributed by atoms with Gasteiger partial charge in [0.25, 0.3) is 0 Å². The number of aromatic amines is 3. The highest BCUT2D eigenvalue weighted by Crippen LogP contribution is 2.24. The summed E-state index contributed by atoms with van der Waals surface area (Å²) in [5.41, 5.74) is 14.6. The number of H-pyrrole nitrogens is 3. The molecule has 7 rings (SSSR count). The van der Waals surface area contributed by atoms with Crippen LogP contribution < -0.4 is 80.6 Å². The number of fused-ring (bicyclic) bond motifs is 2. The van der Waals surface area contributed by atoms with Gasteiger partial charge < -0.3 is 121 Å². The SMILES string of the molecule is CC(C)C[C@H](NC(=O)[C@H](CC(C)C)NC(=O)[C@@H](Cc1ccc(O)cc1)NC(=O)[C@@H](Cc1c[nH]c2ccccc12)NC(=O)[C@H](C)NC(=O)[C@H](NC(=O)[C@H](CC(N)=O)NC(=O)[C@H](CC(C)C)NC(=O)[C@@H](NC(=O)[C@H](Cc1c[nH]c2ccccc12)NC(=O)CN)[C@@H](C)O)[C@H](C)O)C(=O)NCC(=O)N1CCC[C@H]1C(=O)N[C@@H](Cc1cnc[nH]1)C(=O)N[C@@H](C)CO. The van der Waals surface area contributed by atoms with E-state index in [-0.39, 0.29) is 88.0 Å². The number of nitrogens with two attached hydrogens (primary N) is 2. The van der Waals surface area contributed by atoms with E-state index in [1.54, 1.807) is 109 Å². The molecule has 3 aromatic heterocycles. The number of amides is 15. The van der Waals surface area contributed by atoms with Crippen LogP contribution in [0.4, 0.5) is 0 Å². The number of aliphatic hydroxyl groups is 3. The van der Waals surface area contributed by atoms with E-state index in [4.69, 9.17) is 11.5 Å². The van der Waals surface area contributed by atoms with E-state index in [1.165, 1.54) is 55.5 Å². The smallest absolute Gasteiger partial charge is 0.245 e. The van der Waals surface area contributed by atoms with Gasteiger partial charge in [-0.05, 0) is 119 Å². The Morgan fingerprint density at radius 2 is 0.926 bits per heavy atom. The van der Waals surface area contributed by atoms with Crippen molar-refractivity contribution >= 4 is 110 Å². The first kappa shape index (κ1) is 95.8. The van der Waals surface area contributed by atoms with Crippen LogP contribution in [0.3, 0.4) is 0 Å². The van der Waals surface area contributed by atoms with Crippen molar-refractivity contribution in [1.82, 2.24) is 94.0 Å². The Kier molecular flexibility index (Phi) is 36.2. The molecule has 0 aliphatic carbocycles. The Morgan fingerprint density at radius 1 is 0.488 bits per heavy atom. The lowest BCUT2D eigenvalue weighted by Gasteiger charge is -2.29. The van der Waals surface area contributed by atoms with E-state index < -0.39 is 199 Å². The zero-order valence-electron chi connectivity index (χ0n) is 69.5. The monoisotopic (exact) mass is 1680 g/mol. The summed E-state index contributed by atoms with van der Waals surface area (Å²) < 4.78 is 0. The summed E-state index contributed by atoms with van der Waals surface area (Å²) in [5, 5.41) is 76.7. The number of carbonyl (C=O) groups excluding carboxylic acids is 15. The molecule has 24 N–H and O–H groups in total. The molecule has 15 atom stereocenters. The second-order valence-corrected chi connectivity index (χ2v) is 31.8. The first-order chi connectivity index (χ1) is 57.3. The van der Waals surface area contributed by atoms with Gasteiger partial charge in [0, 0.05) is 84.4 Å². The molecule has 1 aliphatic heterocycles. The van der Waals surface area contributed by atoms with Crippen LogP contribution in [0.25, 0.3) is 21.8 Å². The molecule has 39 nitrogen and oxygen atoms in total. The summed E-state index contributed by atoms with van der Waals surface area (Å²) in [5.74, 6) is -14.7. The highest BCUT2D eigenvalue weighted by atomic mass is 16.3. The third-order valence-corrected chi connectivity index (χ3v) is 20.2. The molecule has 1 fully saturated rings. The van der Waals surface area contributed by atoms with E-state index in [9.17, 15) is 82.8 Å². The number of aliphatic hydroxyl groups excluding tert-OH is 3. The van der Waals surface area contributed by atoms with Gasteiger partial charge in [-0.15, -0.1) is 0 Å². The first-order valence-electron chi connectivity index (χ1n) is 40.3. The molecule has 4 heterocycles. The van der Waals surface area contributed by atoms with Gasteiger partial charge in [0.1, 0.15) is 78.3 Å². The average molecular weight is 1690 g/mol. The number of phenols is 1. The number of carbonyl (C=O) groups is 15. The molecule has 0 unspecified atom stereocenters. The number of benzene rings is 3. The van der Waals surface area contributed by atoms with Gasteiger partial charge in [-0.3, -0.25) is 71.9 Å². The second kappa shape index (κ2) is 45.7.